The first-order chi connectivity index (χ1) is 9.94. The van der Waals surface area contributed by atoms with Crippen molar-refractivity contribution in [2.45, 2.75) is 71.3 Å². The van der Waals surface area contributed by atoms with Crippen LogP contribution in [0, 0.1) is 28.6 Å². The lowest BCUT2D eigenvalue weighted by atomic mass is 9.47. The highest BCUT2D eigenvalue weighted by Crippen LogP contribution is 2.65. The van der Waals surface area contributed by atoms with Gasteiger partial charge in [-0.25, -0.2) is 0 Å². The molecule has 0 aromatic rings. The van der Waals surface area contributed by atoms with Gasteiger partial charge in [-0.1, -0.05) is 19.4 Å². The average Bonchev–Trinajstić information content (AvgIpc) is 2.76. The Kier molecular flexibility index (Phi) is 2.96. The van der Waals surface area contributed by atoms with Crippen LogP contribution in [0.1, 0.15) is 65.2 Å². The van der Waals surface area contributed by atoms with Gasteiger partial charge < -0.3 is 5.11 Å². The topological polar surface area (TPSA) is 37.3 Å². The Bertz CT molecular complexity index is 508. The second-order valence-corrected chi connectivity index (χ2v) is 8.69. The van der Waals surface area contributed by atoms with E-state index in [1.807, 2.05) is 6.08 Å². The van der Waals surface area contributed by atoms with E-state index in [-0.39, 0.29) is 11.5 Å². The number of aliphatic hydroxyl groups excluding tert-OH is 1. The van der Waals surface area contributed by atoms with Crippen LogP contribution in [0.15, 0.2) is 11.6 Å². The molecule has 0 radical (unpaired) electrons. The van der Waals surface area contributed by atoms with Crippen LogP contribution in [0.3, 0.4) is 0 Å². The van der Waals surface area contributed by atoms with Gasteiger partial charge in [-0.05, 0) is 79.6 Å². The Morgan fingerprint density at radius 1 is 1.10 bits per heavy atom. The lowest BCUT2D eigenvalue weighted by Crippen LogP contribution is -2.51. The van der Waals surface area contributed by atoms with Gasteiger partial charge in [-0.3, -0.25) is 4.79 Å². The van der Waals surface area contributed by atoms with Gasteiger partial charge in [0.1, 0.15) is 0 Å². The summed E-state index contributed by atoms with van der Waals surface area (Å²) in [4.78, 5) is 11.8. The zero-order valence-corrected chi connectivity index (χ0v) is 13.4. The van der Waals surface area contributed by atoms with Gasteiger partial charge in [0.25, 0.3) is 0 Å². The molecule has 0 aliphatic heterocycles. The fourth-order valence-electron chi connectivity index (χ4n) is 6.58. The van der Waals surface area contributed by atoms with Crippen molar-refractivity contribution in [3.63, 3.8) is 0 Å². The molecule has 3 fully saturated rings. The first-order valence-corrected chi connectivity index (χ1v) is 8.86. The molecule has 116 valence electrons. The molecule has 1 unspecified atom stereocenters. The third-order valence-electron chi connectivity index (χ3n) is 7.76. The standard InChI is InChI=1S/C19H28O2/c1-18-8-6-15-14(17(18)16(21)7-9-18)4-3-12-11-13(20)5-10-19(12,15)2/h11,14-17,21H,3-10H2,1-2H3/t14-,15+,16?,17-,18-,19+/m1/s1. The van der Waals surface area contributed by atoms with E-state index >= 15 is 0 Å². The van der Waals surface area contributed by atoms with Crippen LogP contribution in [0.25, 0.3) is 0 Å². The second-order valence-electron chi connectivity index (χ2n) is 8.69. The number of rotatable bonds is 0. The SMILES string of the molecule is C[C@@]12CCC(O)[C@H]1[C@@H]1CCC3=CC(=O)CC[C@]3(C)[C@H]1CC2. The molecule has 3 saturated carbocycles. The molecule has 0 spiro atoms. The molecule has 2 nitrogen and oxygen atoms in total. The number of carbonyl (C=O) groups excluding carboxylic acids is 1. The van der Waals surface area contributed by atoms with Gasteiger partial charge in [0.05, 0.1) is 6.10 Å². The predicted octanol–water partition coefficient (Wildman–Crippen LogP) is 3.88. The van der Waals surface area contributed by atoms with Crippen LogP contribution < -0.4 is 0 Å². The van der Waals surface area contributed by atoms with Crippen LogP contribution in [-0.4, -0.2) is 17.0 Å². The van der Waals surface area contributed by atoms with E-state index in [1.165, 1.54) is 31.3 Å². The minimum atomic E-state index is -0.0813. The van der Waals surface area contributed by atoms with Gasteiger partial charge in [0.2, 0.25) is 0 Å². The largest absolute Gasteiger partial charge is 0.393 e. The first kappa shape index (κ1) is 14.0. The summed E-state index contributed by atoms with van der Waals surface area (Å²) in [5.41, 5.74) is 2.04. The summed E-state index contributed by atoms with van der Waals surface area (Å²) in [6.45, 7) is 4.83. The van der Waals surface area contributed by atoms with Crippen molar-refractivity contribution < 1.29 is 9.90 Å². The number of fused-ring (bicyclic) bond motifs is 5. The number of allylic oxidation sites excluding steroid dienone is 1. The molecule has 4 rings (SSSR count). The molecule has 0 bridgehead atoms. The zero-order valence-electron chi connectivity index (χ0n) is 13.4. The zero-order chi connectivity index (χ0) is 14.8. The highest BCUT2D eigenvalue weighted by atomic mass is 16.3. The predicted molar refractivity (Wildman–Crippen MR) is 82.7 cm³/mol. The maximum absolute atomic E-state index is 11.8. The molecule has 0 saturated heterocycles. The van der Waals surface area contributed by atoms with Gasteiger partial charge in [0.15, 0.2) is 5.78 Å². The van der Waals surface area contributed by atoms with Crippen LogP contribution in [0.2, 0.25) is 0 Å². The third kappa shape index (κ3) is 1.84. The van der Waals surface area contributed by atoms with E-state index in [1.54, 1.807) is 0 Å². The highest BCUT2D eigenvalue weighted by molar-refractivity contribution is 5.91. The molecule has 0 amide bonds. The summed E-state index contributed by atoms with van der Waals surface area (Å²) < 4.78 is 0. The summed E-state index contributed by atoms with van der Waals surface area (Å²) in [6, 6.07) is 0. The quantitative estimate of drug-likeness (QED) is 0.734. The third-order valence-corrected chi connectivity index (χ3v) is 7.76. The van der Waals surface area contributed by atoms with E-state index in [0.717, 1.165) is 25.7 Å². The summed E-state index contributed by atoms with van der Waals surface area (Å²) in [5.74, 6) is 2.21. The number of hydrogen-bond donors (Lipinski definition) is 1. The molecule has 0 aromatic heterocycles. The van der Waals surface area contributed by atoms with E-state index in [2.05, 4.69) is 13.8 Å². The fourth-order valence-corrected chi connectivity index (χ4v) is 6.58. The Labute approximate surface area is 128 Å². The smallest absolute Gasteiger partial charge is 0.155 e. The monoisotopic (exact) mass is 288 g/mol. The molecule has 4 aliphatic carbocycles. The molecular formula is C19H28O2. The summed E-state index contributed by atoms with van der Waals surface area (Å²) >= 11 is 0. The van der Waals surface area contributed by atoms with E-state index in [0.29, 0.717) is 29.0 Å². The van der Waals surface area contributed by atoms with Crippen molar-refractivity contribution in [1.29, 1.82) is 0 Å². The molecule has 0 aromatic carbocycles. The molecule has 1 N–H and O–H groups in total. The van der Waals surface area contributed by atoms with Gasteiger partial charge in [-0.15, -0.1) is 0 Å². The number of hydrogen-bond acceptors (Lipinski definition) is 2. The minimum Gasteiger partial charge on any atom is -0.393 e. The van der Waals surface area contributed by atoms with Crippen LogP contribution >= 0.6 is 0 Å². The van der Waals surface area contributed by atoms with Crippen molar-refractivity contribution in [2.75, 3.05) is 0 Å². The Morgan fingerprint density at radius 2 is 1.86 bits per heavy atom. The van der Waals surface area contributed by atoms with E-state index < -0.39 is 0 Å². The number of carbonyl (C=O) groups is 1. The summed E-state index contributed by atoms with van der Waals surface area (Å²) in [6.07, 6.45) is 10.7. The van der Waals surface area contributed by atoms with Crippen molar-refractivity contribution in [2.24, 2.45) is 28.6 Å². The Balaban J connectivity index is 1.71. The molecule has 21 heavy (non-hydrogen) atoms. The number of ketones is 1. The summed E-state index contributed by atoms with van der Waals surface area (Å²) in [5, 5.41) is 10.6. The normalized spacial score (nSPS) is 52.7. The minimum absolute atomic E-state index is 0.0813. The maximum Gasteiger partial charge on any atom is 0.155 e. The van der Waals surface area contributed by atoms with Gasteiger partial charge in [0, 0.05) is 6.42 Å². The first-order valence-electron chi connectivity index (χ1n) is 8.86. The lowest BCUT2D eigenvalue weighted by molar-refractivity contribution is -0.118. The van der Waals surface area contributed by atoms with Crippen molar-refractivity contribution >= 4 is 5.78 Å². The van der Waals surface area contributed by atoms with Crippen molar-refractivity contribution in [3.05, 3.63) is 11.6 Å². The molecule has 0 heterocycles. The van der Waals surface area contributed by atoms with Crippen LogP contribution in [0.5, 0.6) is 0 Å². The Hall–Kier alpha value is -0.630. The fraction of sp³-hybridized carbons (Fsp3) is 0.842. The van der Waals surface area contributed by atoms with Crippen LogP contribution in [0.4, 0.5) is 0 Å². The van der Waals surface area contributed by atoms with E-state index in [4.69, 9.17) is 0 Å². The van der Waals surface area contributed by atoms with Gasteiger partial charge >= 0.3 is 0 Å². The van der Waals surface area contributed by atoms with Gasteiger partial charge in [-0.2, -0.15) is 0 Å². The highest BCUT2D eigenvalue weighted by Gasteiger charge is 2.58. The van der Waals surface area contributed by atoms with E-state index in [9.17, 15) is 9.90 Å². The van der Waals surface area contributed by atoms with Crippen molar-refractivity contribution in [3.8, 4) is 0 Å². The average molecular weight is 288 g/mol. The lowest BCUT2D eigenvalue weighted by Gasteiger charge is -2.57. The van der Waals surface area contributed by atoms with Crippen LogP contribution in [-0.2, 0) is 4.79 Å². The molecular weight excluding hydrogens is 260 g/mol. The molecule has 6 atom stereocenters. The molecule has 2 heteroatoms. The number of aliphatic hydroxyl groups is 1. The van der Waals surface area contributed by atoms with Crippen molar-refractivity contribution in [1.82, 2.24) is 0 Å². The maximum atomic E-state index is 11.8. The Morgan fingerprint density at radius 3 is 2.67 bits per heavy atom. The summed E-state index contributed by atoms with van der Waals surface area (Å²) in [7, 11) is 0. The molecule has 4 aliphatic rings. The second kappa shape index (κ2) is 4.44.